The number of nitrogens with zero attached hydrogens (tertiary/aromatic N) is 2. The van der Waals surface area contributed by atoms with Gasteiger partial charge in [-0.15, -0.1) is 0 Å². The second-order valence-corrected chi connectivity index (χ2v) is 8.37. The van der Waals surface area contributed by atoms with Gasteiger partial charge in [-0.25, -0.2) is 0 Å². The first-order chi connectivity index (χ1) is 18.4. The second kappa shape index (κ2) is 11.5. The van der Waals surface area contributed by atoms with E-state index in [-0.39, 0.29) is 17.9 Å². The number of amides is 1. The molecule has 0 saturated carbocycles. The summed E-state index contributed by atoms with van der Waals surface area (Å²) in [5.41, 5.74) is 1.51. The van der Waals surface area contributed by atoms with Gasteiger partial charge in [-0.05, 0) is 53.6 Å². The zero-order valence-electron chi connectivity index (χ0n) is 21.3. The summed E-state index contributed by atoms with van der Waals surface area (Å²) in [6.45, 7) is 4.04. The van der Waals surface area contributed by atoms with Crippen LogP contribution in [0.25, 0.3) is 5.76 Å². The monoisotopic (exact) mass is 516 g/mol. The van der Waals surface area contributed by atoms with Crippen LogP contribution >= 0.6 is 0 Å². The van der Waals surface area contributed by atoms with Crippen molar-refractivity contribution < 1.29 is 33.6 Å². The number of aliphatic hydroxyl groups excluding tert-OH is 1. The molecule has 3 aromatic rings. The van der Waals surface area contributed by atoms with Gasteiger partial charge in [0.05, 0.1) is 32.9 Å². The lowest BCUT2D eigenvalue weighted by atomic mass is 9.94. The highest BCUT2D eigenvalue weighted by atomic mass is 16.5. The predicted octanol–water partition coefficient (Wildman–Crippen LogP) is 4.29. The highest BCUT2D eigenvalue weighted by Crippen LogP contribution is 2.46. The van der Waals surface area contributed by atoms with Crippen LogP contribution in [-0.2, 0) is 16.1 Å². The van der Waals surface area contributed by atoms with E-state index in [4.69, 9.17) is 18.9 Å². The Bertz CT molecular complexity index is 1340. The summed E-state index contributed by atoms with van der Waals surface area (Å²) in [6.07, 6.45) is 4.86. The molecular weight excluding hydrogens is 488 g/mol. The SMILES string of the molecule is C=CCOc1ccc(C(O)=C2C(=O)C(=O)N(Cc3cccnc3)[C@@H]2c2cc(OC)c(OC)c(OC)c2)cc1. The minimum absolute atomic E-state index is 0.0621. The van der Waals surface area contributed by atoms with Crippen LogP contribution in [0.1, 0.15) is 22.7 Å². The molecule has 1 fully saturated rings. The lowest BCUT2D eigenvalue weighted by molar-refractivity contribution is -0.140. The lowest BCUT2D eigenvalue weighted by Crippen LogP contribution is -2.29. The van der Waals surface area contributed by atoms with Crippen LogP contribution in [0.2, 0.25) is 0 Å². The Balaban J connectivity index is 1.88. The van der Waals surface area contributed by atoms with Gasteiger partial charge in [0.15, 0.2) is 11.5 Å². The molecule has 9 nitrogen and oxygen atoms in total. The fourth-order valence-corrected chi connectivity index (χ4v) is 4.36. The van der Waals surface area contributed by atoms with Crippen LogP contribution < -0.4 is 18.9 Å². The molecule has 0 unspecified atom stereocenters. The summed E-state index contributed by atoms with van der Waals surface area (Å²) in [7, 11) is 4.43. The van der Waals surface area contributed by atoms with Crippen molar-refractivity contribution in [1.29, 1.82) is 0 Å². The smallest absolute Gasteiger partial charge is 0.295 e. The molecule has 1 amide bonds. The van der Waals surface area contributed by atoms with Crippen molar-refractivity contribution in [1.82, 2.24) is 9.88 Å². The van der Waals surface area contributed by atoms with Crippen molar-refractivity contribution in [3.8, 4) is 23.0 Å². The molecule has 1 aromatic heterocycles. The number of benzene rings is 2. The normalized spacial score (nSPS) is 16.3. The van der Waals surface area contributed by atoms with Crippen LogP contribution in [-0.4, -0.2) is 54.6 Å². The molecule has 0 bridgehead atoms. The van der Waals surface area contributed by atoms with E-state index in [1.54, 1.807) is 67.0 Å². The van der Waals surface area contributed by atoms with E-state index in [0.29, 0.717) is 40.7 Å². The maximum atomic E-state index is 13.4. The van der Waals surface area contributed by atoms with Gasteiger partial charge in [0.25, 0.3) is 11.7 Å². The largest absolute Gasteiger partial charge is 0.507 e. The van der Waals surface area contributed by atoms with E-state index in [9.17, 15) is 14.7 Å². The molecule has 1 N–H and O–H groups in total. The molecule has 4 rings (SSSR count). The van der Waals surface area contributed by atoms with E-state index in [2.05, 4.69) is 11.6 Å². The van der Waals surface area contributed by atoms with Crippen LogP contribution in [0.4, 0.5) is 0 Å². The number of aromatic nitrogens is 1. The predicted molar refractivity (Wildman–Crippen MR) is 140 cm³/mol. The first-order valence-electron chi connectivity index (χ1n) is 11.7. The summed E-state index contributed by atoms with van der Waals surface area (Å²) in [4.78, 5) is 32.2. The molecule has 1 aliphatic heterocycles. The Hall–Kier alpha value is -4.79. The van der Waals surface area contributed by atoms with Gasteiger partial charge in [0.1, 0.15) is 18.1 Å². The first-order valence-corrected chi connectivity index (χ1v) is 11.7. The number of ketones is 1. The Morgan fingerprint density at radius 3 is 2.29 bits per heavy atom. The van der Waals surface area contributed by atoms with Crippen molar-refractivity contribution in [2.45, 2.75) is 12.6 Å². The number of carbonyl (C=O) groups excluding carboxylic acids is 2. The maximum Gasteiger partial charge on any atom is 0.295 e. The van der Waals surface area contributed by atoms with Crippen molar-refractivity contribution in [3.05, 3.63) is 95.8 Å². The maximum absolute atomic E-state index is 13.4. The van der Waals surface area contributed by atoms with Gasteiger partial charge < -0.3 is 29.0 Å². The van der Waals surface area contributed by atoms with Crippen molar-refractivity contribution >= 4 is 17.4 Å². The lowest BCUT2D eigenvalue weighted by Gasteiger charge is -2.26. The number of ether oxygens (including phenoxy) is 4. The molecule has 0 spiro atoms. The standard InChI is InChI=1S/C29H28N2O7/c1-5-13-38-21-10-8-19(9-11-21)26(32)24-25(20-14-22(35-2)28(37-4)23(15-20)36-3)31(29(34)27(24)33)17-18-7-6-12-30-16-18/h5-12,14-16,25,32H,1,13,17H2,2-4H3/t25-/m1/s1. The molecule has 9 heteroatoms. The Morgan fingerprint density at radius 2 is 1.74 bits per heavy atom. The number of hydrogen-bond donors (Lipinski definition) is 1. The Kier molecular flexibility index (Phi) is 7.96. The molecular formula is C29H28N2O7. The third kappa shape index (κ3) is 5.04. The van der Waals surface area contributed by atoms with Crippen LogP contribution in [0.5, 0.6) is 23.0 Å². The zero-order valence-corrected chi connectivity index (χ0v) is 21.3. The zero-order chi connectivity index (χ0) is 27.2. The molecule has 38 heavy (non-hydrogen) atoms. The number of likely N-dealkylation sites (tertiary alicyclic amines) is 1. The fraction of sp³-hybridized carbons (Fsp3) is 0.207. The van der Waals surface area contributed by atoms with Crippen molar-refractivity contribution in [3.63, 3.8) is 0 Å². The van der Waals surface area contributed by atoms with E-state index in [1.807, 2.05) is 0 Å². The first kappa shape index (κ1) is 26.3. The number of methoxy groups -OCH3 is 3. The van der Waals surface area contributed by atoms with Gasteiger partial charge in [-0.2, -0.15) is 0 Å². The van der Waals surface area contributed by atoms with Crippen molar-refractivity contribution in [2.24, 2.45) is 0 Å². The fourth-order valence-electron chi connectivity index (χ4n) is 4.36. The summed E-state index contributed by atoms with van der Waals surface area (Å²) in [6, 6.07) is 12.5. The van der Waals surface area contributed by atoms with E-state index < -0.39 is 17.7 Å². The Labute approximate surface area is 220 Å². The summed E-state index contributed by atoms with van der Waals surface area (Å²) < 4.78 is 22.0. The third-order valence-electron chi connectivity index (χ3n) is 6.11. The summed E-state index contributed by atoms with van der Waals surface area (Å²) >= 11 is 0. The highest BCUT2D eigenvalue weighted by molar-refractivity contribution is 6.46. The molecule has 2 aromatic carbocycles. The topological polar surface area (TPSA) is 107 Å². The number of hydrogen-bond acceptors (Lipinski definition) is 8. The van der Waals surface area contributed by atoms with E-state index in [0.717, 1.165) is 5.56 Å². The average molecular weight is 517 g/mol. The minimum Gasteiger partial charge on any atom is -0.507 e. The van der Waals surface area contributed by atoms with Crippen LogP contribution in [0.3, 0.4) is 0 Å². The van der Waals surface area contributed by atoms with E-state index in [1.165, 1.54) is 26.2 Å². The number of aliphatic hydroxyl groups is 1. The third-order valence-corrected chi connectivity index (χ3v) is 6.11. The molecule has 1 aliphatic rings. The highest BCUT2D eigenvalue weighted by Gasteiger charge is 2.46. The summed E-state index contributed by atoms with van der Waals surface area (Å²) in [5, 5.41) is 11.4. The molecule has 196 valence electrons. The number of carbonyl (C=O) groups is 2. The number of Topliss-reactive ketones (excluding diaryl/α,β-unsaturated/α-hetero) is 1. The molecule has 0 radical (unpaired) electrons. The molecule has 1 atom stereocenters. The van der Waals surface area contributed by atoms with Gasteiger partial charge in [0, 0.05) is 24.5 Å². The van der Waals surface area contributed by atoms with Gasteiger partial charge in [-0.3, -0.25) is 14.6 Å². The Morgan fingerprint density at radius 1 is 1.05 bits per heavy atom. The van der Waals surface area contributed by atoms with Gasteiger partial charge in [0.2, 0.25) is 5.75 Å². The molecule has 2 heterocycles. The van der Waals surface area contributed by atoms with E-state index >= 15 is 0 Å². The number of rotatable bonds is 10. The van der Waals surface area contributed by atoms with Gasteiger partial charge >= 0.3 is 0 Å². The average Bonchev–Trinajstić information content (AvgIpc) is 3.20. The second-order valence-electron chi connectivity index (χ2n) is 8.37. The minimum atomic E-state index is -0.944. The van der Waals surface area contributed by atoms with Crippen molar-refractivity contribution in [2.75, 3.05) is 27.9 Å². The quantitative estimate of drug-likeness (QED) is 0.184. The van der Waals surface area contributed by atoms with Gasteiger partial charge in [-0.1, -0.05) is 18.7 Å². The molecule has 0 aliphatic carbocycles. The molecule has 1 saturated heterocycles. The number of pyridine rings is 1. The summed E-state index contributed by atoms with van der Waals surface area (Å²) in [5.74, 6) is -0.254. The van der Waals surface area contributed by atoms with Crippen LogP contribution in [0, 0.1) is 0 Å². The van der Waals surface area contributed by atoms with Crippen LogP contribution in [0.15, 0.2) is 79.2 Å².